The summed E-state index contributed by atoms with van der Waals surface area (Å²) in [5.41, 5.74) is 0.275. The van der Waals surface area contributed by atoms with E-state index in [2.05, 4.69) is 4.72 Å². The second-order valence-corrected chi connectivity index (χ2v) is 9.17. The predicted octanol–water partition coefficient (Wildman–Crippen LogP) is 2.54. The number of carbonyl (C=O) groups is 1. The lowest BCUT2D eigenvalue weighted by atomic mass is 10.0. The summed E-state index contributed by atoms with van der Waals surface area (Å²) in [7, 11) is -3.62. The Bertz CT molecular complexity index is 647. The van der Waals surface area contributed by atoms with E-state index in [0.29, 0.717) is 0 Å². The molecule has 0 aromatic heterocycles. The number of phenols is 1. The van der Waals surface area contributed by atoms with Gasteiger partial charge in [0, 0.05) is 6.54 Å². The zero-order valence-corrected chi connectivity index (χ0v) is 15.7. The molecule has 0 amide bonds. The normalized spacial score (nSPS) is 14.9. The van der Waals surface area contributed by atoms with Crippen LogP contribution in [0.25, 0.3) is 0 Å². The van der Waals surface area contributed by atoms with Crippen molar-refractivity contribution in [3.63, 3.8) is 0 Å². The van der Waals surface area contributed by atoms with E-state index in [1.807, 2.05) is 6.92 Å². The highest BCUT2D eigenvalue weighted by atomic mass is 32.2. The number of rotatable bonds is 7. The molecule has 0 aliphatic heterocycles. The SMILES string of the molecule is CC(CNS(=O)(=O)C(C)CC(=O)OC(C)(C)C)c1ccc(O)cc1. The number of hydrogen-bond donors (Lipinski definition) is 2. The molecule has 0 fully saturated rings. The first kappa shape index (κ1) is 20.4. The van der Waals surface area contributed by atoms with E-state index in [9.17, 15) is 18.3 Å². The fourth-order valence-corrected chi connectivity index (χ4v) is 3.15. The monoisotopic (exact) mass is 357 g/mol. The quantitative estimate of drug-likeness (QED) is 0.732. The van der Waals surface area contributed by atoms with Crippen molar-refractivity contribution in [2.75, 3.05) is 6.54 Å². The molecule has 0 radical (unpaired) electrons. The van der Waals surface area contributed by atoms with Crippen LogP contribution in [0.1, 0.15) is 52.5 Å². The van der Waals surface area contributed by atoms with Crippen molar-refractivity contribution in [3.8, 4) is 5.75 Å². The molecule has 1 aromatic carbocycles. The van der Waals surface area contributed by atoms with E-state index in [0.717, 1.165) is 5.56 Å². The Hall–Kier alpha value is -1.60. The van der Waals surface area contributed by atoms with Gasteiger partial charge in [0.2, 0.25) is 10.0 Å². The standard InChI is InChI=1S/C17H27NO5S/c1-12(14-6-8-15(19)9-7-14)11-18-24(21,22)13(2)10-16(20)23-17(3,4)5/h6-9,12-13,18-19H,10-11H2,1-5H3. The van der Waals surface area contributed by atoms with Gasteiger partial charge in [0.1, 0.15) is 11.4 Å². The molecule has 0 bridgehead atoms. The molecule has 1 aromatic rings. The molecule has 2 atom stereocenters. The molecule has 0 saturated heterocycles. The Morgan fingerprint density at radius 2 is 1.75 bits per heavy atom. The third-order valence-electron chi connectivity index (χ3n) is 3.46. The van der Waals surface area contributed by atoms with Crippen molar-refractivity contribution in [2.24, 2.45) is 0 Å². The molecular weight excluding hydrogens is 330 g/mol. The second-order valence-electron chi connectivity index (χ2n) is 6.99. The number of benzene rings is 1. The Morgan fingerprint density at radius 1 is 1.21 bits per heavy atom. The van der Waals surface area contributed by atoms with E-state index in [4.69, 9.17) is 4.74 Å². The van der Waals surface area contributed by atoms with Gasteiger partial charge >= 0.3 is 5.97 Å². The molecule has 24 heavy (non-hydrogen) atoms. The molecule has 0 aliphatic carbocycles. The minimum Gasteiger partial charge on any atom is -0.508 e. The topological polar surface area (TPSA) is 92.7 Å². The molecule has 0 heterocycles. The number of phenolic OH excluding ortho intramolecular Hbond substituents is 1. The van der Waals surface area contributed by atoms with E-state index < -0.39 is 26.8 Å². The maximum Gasteiger partial charge on any atom is 0.307 e. The summed E-state index contributed by atoms with van der Waals surface area (Å²) in [6.45, 7) is 8.79. The van der Waals surface area contributed by atoms with Gasteiger partial charge in [-0.25, -0.2) is 13.1 Å². The molecule has 136 valence electrons. The van der Waals surface area contributed by atoms with Crippen molar-refractivity contribution in [1.29, 1.82) is 0 Å². The van der Waals surface area contributed by atoms with E-state index in [-0.39, 0.29) is 24.6 Å². The zero-order valence-electron chi connectivity index (χ0n) is 14.9. The van der Waals surface area contributed by atoms with Gasteiger partial charge in [-0.05, 0) is 51.3 Å². The molecule has 2 N–H and O–H groups in total. The first-order valence-corrected chi connectivity index (χ1v) is 9.44. The van der Waals surface area contributed by atoms with Gasteiger partial charge in [0.05, 0.1) is 11.7 Å². The maximum absolute atomic E-state index is 12.3. The van der Waals surface area contributed by atoms with E-state index in [1.54, 1.807) is 45.0 Å². The number of sulfonamides is 1. The van der Waals surface area contributed by atoms with Gasteiger partial charge in [-0.1, -0.05) is 19.1 Å². The van der Waals surface area contributed by atoms with Gasteiger partial charge in [0.25, 0.3) is 0 Å². The molecular formula is C17H27NO5S. The van der Waals surface area contributed by atoms with Crippen LogP contribution in [0.5, 0.6) is 5.75 Å². The van der Waals surface area contributed by atoms with Crippen LogP contribution in [0.15, 0.2) is 24.3 Å². The van der Waals surface area contributed by atoms with Crippen LogP contribution in [-0.4, -0.2) is 36.9 Å². The number of hydrogen-bond acceptors (Lipinski definition) is 5. The third-order valence-corrected chi connectivity index (χ3v) is 5.25. The highest BCUT2D eigenvalue weighted by molar-refractivity contribution is 7.90. The fraction of sp³-hybridized carbons (Fsp3) is 0.588. The third kappa shape index (κ3) is 6.88. The largest absolute Gasteiger partial charge is 0.508 e. The van der Waals surface area contributed by atoms with Crippen LogP contribution in [0.4, 0.5) is 0 Å². The molecule has 1 rings (SSSR count). The van der Waals surface area contributed by atoms with Crippen LogP contribution < -0.4 is 4.72 Å². The summed E-state index contributed by atoms with van der Waals surface area (Å²) >= 11 is 0. The highest BCUT2D eigenvalue weighted by Gasteiger charge is 2.26. The summed E-state index contributed by atoms with van der Waals surface area (Å²) in [5, 5.41) is 8.40. The van der Waals surface area contributed by atoms with Crippen molar-refractivity contribution in [3.05, 3.63) is 29.8 Å². The number of esters is 1. The Kier molecular flexibility index (Phi) is 6.80. The lowest BCUT2D eigenvalue weighted by molar-refractivity contribution is -0.154. The first-order chi connectivity index (χ1) is 10.9. The van der Waals surface area contributed by atoms with Crippen molar-refractivity contribution >= 4 is 16.0 Å². The summed E-state index contributed by atoms with van der Waals surface area (Å²) < 4.78 is 32.2. The maximum atomic E-state index is 12.3. The van der Waals surface area contributed by atoms with Gasteiger partial charge in [-0.15, -0.1) is 0 Å². The average molecular weight is 357 g/mol. The summed E-state index contributed by atoms with van der Waals surface area (Å²) in [4.78, 5) is 11.8. The molecule has 7 heteroatoms. The van der Waals surface area contributed by atoms with E-state index >= 15 is 0 Å². The lowest BCUT2D eigenvalue weighted by Gasteiger charge is -2.21. The molecule has 0 spiro atoms. The van der Waals surface area contributed by atoms with Crippen LogP contribution in [-0.2, 0) is 19.6 Å². The summed E-state index contributed by atoms with van der Waals surface area (Å²) in [5.74, 6) is -0.432. The summed E-state index contributed by atoms with van der Waals surface area (Å²) in [6.07, 6.45) is -0.194. The molecule has 0 aliphatic rings. The second kappa shape index (κ2) is 7.98. The predicted molar refractivity (Wildman–Crippen MR) is 93.4 cm³/mol. The van der Waals surface area contributed by atoms with Crippen molar-refractivity contribution in [1.82, 2.24) is 4.72 Å². The van der Waals surface area contributed by atoms with Crippen LogP contribution in [0.2, 0.25) is 0 Å². The zero-order chi connectivity index (χ0) is 18.5. The van der Waals surface area contributed by atoms with Gasteiger partial charge < -0.3 is 9.84 Å². The van der Waals surface area contributed by atoms with Crippen molar-refractivity contribution in [2.45, 2.75) is 57.8 Å². The molecule has 6 nitrogen and oxygen atoms in total. The number of aromatic hydroxyl groups is 1. The highest BCUT2D eigenvalue weighted by Crippen LogP contribution is 2.18. The van der Waals surface area contributed by atoms with Crippen LogP contribution >= 0.6 is 0 Å². The minimum atomic E-state index is -3.62. The van der Waals surface area contributed by atoms with Crippen LogP contribution in [0, 0.1) is 0 Å². The van der Waals surface area contributed by atoms with Crippen LogP contribution in [0.3, 0.4) is 0 Å². The average Bonchev–Trinajstić information content (AvgIpc) is 2.43. The number of carbonyl (C=O) groups excluding carboxylic acids is 1. The number of nitrogens with one attached hydrogen (secondary N) is 1. The van der Waals surface area contributed by atoms with E-state index in [1.165, 1.54) is 6.92 Å². The Balaban J connectivity index is 2.58. The number of ether oxygens (including phenoxy) is 1. The van der Waals surface area contributed by atoms with Crippen molar-refractivity contribution < 1.29 is 23.1 Å². The Morgan fingerprint density at radius 3 is 2.25 bits per heavy atom. The Labute approximate surface area is 144 Å². The first-order valence-electron chi connectivity index (χ1n) is 7.90. The lowest BCUT2D eigenvalue weighted by Crippen LogP contribution is -2.37. The fourth-order valence-electron chi connectivity index (χ4n) is 2.03. The van der Waals surface area contributed by atoms with Gasteiger partial charge in [-0.2, -0.15) is 0 Å². The molecule has 0 saturated carbocycles. The van der Waals surface area contributed by atoms with Gasteiger partial charge in [0.15, 0.2) is 0 Å². The minimum absolute atomic E-state index is 0.0610. The molecule has 2 unspecified atom stereocenters. The summed E-state index contributed by atoms with van der Waals surface area (Å²) in [6, 6.07) is 6.62. The van der Waals surface area contributed by atoms with Gasteiger partial charge in [-0.3, -0.25) is 4.79 Å². The smallest absolute Gasteiger partial charge is 0.307 e.